The topological polar surface area (TPSA) is 124 Å². The first kappa shape index (κ1) is 28.6. The fraction of sp³-hybridized carbons (Fsp3) is 0.567. The molecule has 41 heavy (non-hydrogen) atoms. The van der Waals surface area contributed by atoms with Gasteiger partial charge in [-0.2, -0.15) is 4.68 Å². The molecule has 2 aliphatic heterocycles. The predicted molar refractivity (Wildman–Crippen MR) is 158 cm³/mol. The van der Waals surface area contributed by atoms with Crippen molar-refractivity contribution in [3.8, 4) is 0 Å². The molecule has 3 aromatic rings. The Morgan fingerprint density at radius 2 is 1.61 bits per heavy atom. The smallest absolute Gasteiger partial charge is 0.435 e. The average Bonchev–Trinajstić information content (AvgIpc) is 3.21. The molecular formula is C30H41N7O4. The van der Waals surface area contributed by atoms with Crippen molar-refractivity contribution in [2.75, 3.05) is 10.6 Å². The van der Waals surface area contributed by atoms with E-state index in [2.05, 4.69) is 20.7 Å². The Kier molecular flexibility index (Phi) is 7.56. The number of nitrogens with one attached hydrogen (secondary N) is 2. The van der Waals surface area contributed by atoms with Gasteiger partial charge in [-0.25, -0.2) is 14.6 Å². The maximum atomic E-state index is 13.0. The third kappa shape index (κ3) is 6.71. The van der Waals surface area contributed by atoms with Crippen LogP contribution in [0.25, 0.3) is 10.9 Å². The number of ether oxygens (including phenoxy) is 2. The first-order chi connectivity index (χ1) is 19.3. The molecule has 1 amide bonds. The van der Waals surface area contributed by atoms with Crippen molar-refractivity contribution < 1.29 is 19.1 Å². The van der Waals surface area contributed by atoms with Crippen LogP contribution in [0.5, 0.6) is 0 Å². The van der Waals surface area contributed by atoms with E-state index in [1.54, 1.807) is 19.2 Å². The highest BCUT2D eigenvalue weighted by molar-refractivity contribution is 5.91. The molecule has 2 N–H and O–H groups in total. The standard InChI is InChI=1S/C30H41N7O4/c1-18-14-25(35-37(18)28(39)41-30(5,6)7)33-24-17-23-22(12-9-13-31-23)26(34-24)32-19-15-20-10-8-11-21(16-19)36(20)27(38)40-29(2,3)4/h9,12-14,17,19-21H,8,10-11,15-16H2,1-7H3,(H2,32,33,34,35)/t19-,20-,21+. The lowest BCUT2D eigenvalue weighted by atomic mass is 9.82. The zero-order valence-corrected chi connectivity index (χ0v) is 25.0. The van der Waals surface area contributed by atoms with E-state index in [1.807, 2.05) is 64.6 Å². The Morgan fingerprint density at radius 1 is 0.951 bits per heavy atom. The second-order valence-electron chi connectivity index (χ2n) is 13.1. The van der Waals surface area contributed by atoms with Crippen LogP contribution in [0.1, 0.15) is 79.3 Å². The van der Waals surface area contributed by atoms with Crippen molar-refractivity contribution in [2.24, 2.45) is 0 Å². The largest absolute Gasteiger partial charge is 0.444 e. The fourth-order valence-corrected chi connectivity index (χ4v) is 5.71. The van der Waals surface area contributed by atoms with Gasteiger partial charge in [-0.15, -0.1) is 5.10 Å². The Morgan fingerprint density at radius 3 is 2.27 bits per heavy atom. The van der Waals surface area contributed by atoms with Crippen molar-refractivity contribution >= 4 is 40.5 Å². The van der Waals surface area contributed by atoms with Crippen LogP contribution in [0.4, 0.5) is 27.0 Å². The summed E-state index contributed by atoms with van der Waals surface area (Å²) in [5.41, 5.74) is 0.270. The summed E-state index contributed by atoms with van der Waals surface area (Å²) in [6.45, 7) is 13.0. The average molecular weight is 564 g/mol. The van der Waals surface area contributed by atoms with Gasteiger partial charge in [-0.05, 0) is 92.7 Å². The predicted octanol–water partition coefficient (Wildman–Crippen LogP) is 6.39. The number of carbonyl (C=O) groups excluding carboxylic acids is 2. The highest BCUT2D eigenvalue weighted by Crippen LogP contribution is 2.37. The molecular weight excluding hydrogens is 522 g/mol. The van der Waals surface area contributed by atoms with Gasteiger partial charge in [0.1, 0.15) is 22.8 Å². The first-order valence-electron chi connectivity index (χ1n) is 14.4. The number of anilines is 3. The van der Waals surface area contributed by atoms with Crippen LogP contribution in [0.2, 0.25) is 0 Å². The summed E-state index contributed by atoms with van der Waals surface area (Å²) in [5.74, 6) is 1.75. The lowest BCUT2D eigenvalue weighted by Gasteiger charge is -2.48. The summed E-state index contributed by atoms with van der Waals surface area (Å²) >= 11 is 0. The molecule has 2 aliphatic rings. The maximum absolute atomic E-state index is 13.0. The van der Waals surface area contributed by atoms with Crippen LogP contribution >= 0.6 is 0 Å². The minimum Gasteiger partial charge on any atom is -0.444 e. The van der Waals surface area contributed by atoms with Gasteiger partial charge in [0.25, 0.3) is 0 Å². The summed E-state index contributed by atoms with van der Waals surface area (Å²) in [6, 6.07) is 7.93. The van der Waals surface area contributed by atoms with Crippen LogP contribution < -0.4 is 10.6 Å². The van der Waals surface area contributed by atoms with Crippen molar-refractivity contribution in [2.45, 2.75) is 110 Å². The highest BCUT2D eigenvalue weighted by atomic mass is 16.6. The van der Waals surface area contributed by atoms with Gasteiger partial charge in [0.2, 0.25) is 0 Å². The minimum absolute atomic E-state index is 0.125. The summed E-state index contributed by atoms with van der Waals surface area (Å²) < 4.78 is 12.5. The summed E-state index contributed by atoms with van der Waals surface area (Å²) in [5, 5.41) is 12.2. The van der Waals surface area contributed by atoms with Crippen molar-refractivity contribution in [1.29, 1.82) is 0 Å². The molecule has 0 saturated carbocycles. The Labute approximate surface area is 241 Å². The van der Waals surface area contributed by atoms with Gasteiger partial charge in [0, 0.05) is 47.5 Å². The molecule has 3 atom stereocenters. The third-order valence-electron chi connectivity index (χ3n) is 7.23. The highest BCUT2D eigenvalue weighted by Gasteiger charge is 2.42. The molecule has 0 aromatic carbocycles. The van der Waals surface area contributed by atoms with Gasteiger partial charge in [-0.3, -0.25) is 4.98 Å². The number of hydrogen-bond acceptors (Lipinski definition) is 9. The molecule has 5 rings (SSSR count). The number of rotatable bonds is 4. The number of nitrogens with zero attached hydrogens (tertiary/aromatic N) is 5. The summed E-state index contributed by atoms with van der Waals surface area (Å²) in [6.07, 6.45) is 5.66. The van der Waals surface area contributed by atoms with E-state index < -0.39 is 17.3 Å². The molecule has 3 aromatic heterocycles. The zero-order chi connectivity index (χ0) is 29.5. The monoisotopic (exact) mass is 563 g/mol. The number of carbonyl (C=O) groups is 2. The number of aromatic nitrogens is 4. The van der Waals surface area contributed by atoms with Gasteiger partial charge in [0.15, 0.2) is 5.82 Å². The van der Waals surface area contributed by atoms with E-state index in [1.165, 1.54) is 4.68 Å². The number of hydrogen-bond donors (Lipinski definition) is 2. The normalized spacial score (nSPS) is 21.0. The van der Waals surface area contributed by atoms with Crippen LogP contribution in [-0.2, 0) is 9.47 Å². The van der Waals surface area contributed by atoms with Crippen molar-refractivity contribution in [3.63, 3.8) is 0 Å². The van der Waals surface area contributed by atoms with Crippen LogP contribution in [0.15, 0.2) is 30.5 Å². The van der Waals surface area contributed by atoms with Gasteiger partial charge in [0.05, 0.1) is 5.52 Å². The molecule has 5 heterocycles. The Bertz CT molecular complexity index is 1420. The summed E-state index contributed by atoms with van der Waals surface area (Å²) in [7, 11) is 0. The van der Waals surface area contributed by atoms with Gasteiger partial charge < -0.3 is 25.0 Å². The zero-order valence-electron chi connectivity index (χ0n) is 25.0. The Balaban J connectivity index is 1.36. The van der Waals surface area contributed by atoms with Crippen molar-refractivity contribution in [3.05, 3.63) is 36.2 Å². The molecule has 2 saturated heterocycles. The van der Waals surface area contributed by atoms with Crippen LogP contribution in [-0.4, -0.2) is 66.2 Å². The second kappa shape index (κ2) is 10.8. The van der Waals surface area contributed by atoms with E-state index in [4.69, 9.17) is 14.5 Å². The van der Waals surface area contributed by atoms with E-state index in [0.717, 1.165) is 48.8 Å². The third-order valence-corrected chi connectivity index (χ3v) is 7.23. The molecule has 11 heteroatoms. The molecule has 2 fully saturated rings. The number of pyridine rings is 2. The lowest BCUT2D eigenvalue weighted by Crippen LogP contribution is -2.58. The molecule has 220 valence electrons. The molecule has 2 bridgehead atoms. The van der Waals surface area contributed by atoms with E-state index >= 15 is 0 Å². The van der Waals surface area contributed by atoms with Crippen molar-refractivity contribution in [1.82, 2.24) is 24.6 Å². The fourth-order valence-electron chi connectivity index (χ4n) is 5.71. The Hall–Kier alpha value is -3.89. The number of piperidine rings is 2. The molecule has 0 spiro atoms. The number of fused-ring (bicyclic) bond motifs is 3. The molecule has 11 nitrogen and oxygen atoms in total. The van der Waals surface area contributed by atoms with Gasteiger partial charge in [-0.1, -0.05) is 0 Å². The lowest BCUT2D eigenvalue weighted by molar-refractivity contribution is -0.0199. The first-order valence-corrected chi connectivity index (χ1v) is 14.4. The quantitative estimate of drug-likeness (QED) is 0.371. The second-order valence-corrected chi connectivity index (χ2v) is 13.1. The maximum Gasteiger partial charge on any atom is 0.435 e. The SMILES string of the molecule is Cc1cc(Nc2cc3ncccc3c(N[C@@H]3C[C@H]4CCC[C@@H](C3)N4C(=O)OC(C)(C)C)n2)nn1C(=O)OC(C)(C)C. The number of aryl methyl sites for hydroxylation is 1. The van der Waals surface area contributed by atoms with Crippen LogP contribution in [0.3, 0.4) is 0 Å². The molecule has 0 aliphatic carbocycles. The number of amides is 1. The summed E-state index contributed by atoms with van der Waals surface area (Å²) in [4.78, 5) is 37.1. The van der Waals surface area contributed by atoms with E-state index in [9.17, 15) is 9.59 Å². The van der Waals surface area contributed by atoms with Crippen LogP contribution in [0, 0.1) is 6.92 Å². The van der Waals surface area contributed by atoms with E-state index in [0.29, 0.717) is 17.3 Å². The van der Waals surface area contributed by atoms with Gasteiger partial charge >= 0.3 is 12.2 Å². The van der Waals surface area contributed by atoms with E-state index in [-0.39, 0.29) is 24.2 Å². The minimum atomic E-state index is -0.628. The molecule has 0 unspecified atom stereocenters. The molecule has 0 radical (unpaired) electrons.